The third-order valence-electron chi connectivity index (χ3n) is 4.14. The second-order valence-corrected chi connectivity index (χ2v) is 6.59. The normalized spacial score (nSPS) is 19.0. The van der Waals surface area contributed by atoms with Gasteiger partial charge in [0.1, 0.15) is 0 Å². The van der Waals surface area contributed by atoms with E-state index in [1.165, 1.54) is 27.6 Å². The van der Waals surface area contributed by atoms with Crippen molar-refractivity contribution in [1.29, 1.82) is 0 Å². The van der Waals surface area contributed by atoms with Crippen LogP contribution in [0.25, 0.3) is 0 Å². The first kappa shape index (κ1) is 15.4. The van der Waals surface area contributed by atoms with Crippen LogP contribution in [0.1, 0.15) is 20.3 Å². The largest absolute Gasteiger partial charge is 0.339 e. The summed E-state index contributed by atoms with van der Waals surface area (Å²) in [5.74, 6) is 0.749. The van der Waals surface area contributed by atoms with E-state index in [1.54, 1.807) is 0 Å². The molecule has 116 valence electrons. The first-order chi connectivity index (χ1) is 10.9. The van der Waals surface area contributed by atoms with Crippen molar-refractivity contribution >= 4 is 23.1 Å². The minimum atomic E-state index is 0.749. The van der Waals surface area contributed by atoms with Gasteiger partial charge in [-0.15, -0.1) is 0 Å². The summed E-state index contributed by atoms with van der Waals surface area (Å²) < 4.78 is 0. The second kappa shape index (κ2) is 7.21. The van der Waals surface area contributed by atoms with Crippen LogP contribution in [0.2, 0.25) is 0 Å². The molecule has 2 aromatic carbocycles. The number of hydrogen-bond donors (Lipinski definition) is 1. The molecule has 0 amide bonds. The van der Waals surface area contributed by atoms with E-state index in [9.17, 15) is 0 Å². The molecule has 1 unspecified atom stereocenters. The molecule has 0 aliphatic carbocycles. The van der Waals surface area contributed by atoms with E-state index in [-0.39, 0.29) is 0 Å². The van der Waals surface area contributed by atoms with Gasteiger partial charge in [-0.2, -0.15) is 0 Å². The van der Waals surface area contributed by atoms with E-state index in [1.807, 2.05) is 25.6 Å². The summed E-state index contributed by atoms with van der Waals surface area (Å²) in [5.41, 5.74) is 2.73. The molecular weight excluding hydrogens is 288 g/mol. The fraction of sp³-hybridized carbons (Fsp3) is 0.368. The Bertz CT molecular complexity index is 575. The van der Waals surface area contributed by atoms with Gasteiger partial charge in [-0.1, -0.05) is 49.9 Å². The Morgan fingerprint density at radius 3 is 2.14 bits per heavy atom. The zero-order chi connectivity index (χ0) is 15.4. The van der Waals surface area contributed by atoms with Crippen LogP contribution in [0.4, 0.5) is 11.4 Å². The van der Waals surface area contributed by atoms with Gasteiger partial charge in [-0.25, -0.2) is 0 Å². The molecular formula is C19H24N2S. The van der Waals surface area contributed by atoms with Crippen molar-refractivity contribution in [2.45, 2.75) is 30.1 Å². The van der Waals surface area contributed by atoms with Gasteiger partial charge in [0.15, 0.2) is 0 Å². The summed E-state index contributed by atoms with van der Waals surface area (Å²) >= 11 is 1.89. The molecule has 0 bridgehead atoms. The van der Waals surface area contributed by atoms with Crippen molar-refractivity contribution in [3.63, 3.8) is 0 Å². The van der Waals surface area contributed by atoms with Crippen molar-refractivity contribution in [1.82, 2.24) is 5.32 Å². The van der Waals surface area contributed by atoms with Crippen molar-refractivity contribution in [3.8, 4) is 0 Å². The van der Waals surface area contributed by atoms with Crippen molar-refractivity contribution < 1.29 is 0 Å². The highest BCUT2D eigenvalue weighted by Crippen LogP contribution is 2.48. The van der Waals surface area contributed by atoms with Crippen LogP contribution in [-0.2, 0) is 0 Å². The molecule has 0 spiro atoms. The lowest BCUT2D eigenvalue weighted by atomic mass is 10.1. The Balaban J connectivity index is 0.000000693. The summed E-state index contributed by atoms with van der Waals surface area (Å²) in [6, 6.07) is 17.5. The first-order valence-corrected chi connectivity index (χ1v) is 9.07. The molecule has 3 heteroatoms. The standard InChI is InChI=1S/C17H18N2S.C2H6/c1-3-7-16-14(5-1)19(12-13-9-10-18-11-13)15-6-2-4-8-17(15)20-16;1-2/h1-8,13,18H,9-12H2;1-2H3. The zero-order valence-electron chi connectivity index (χ0n) is 13.4. The van der Waals surface area contributed by atoms with Crippen molar-refractivity contribution in [2.75, 3.05) is 24.5 Å². The van der Waals surface area contributed by atoms with Crippen LogP contribution in [-0.4, -0.2) is 19.6 Å². The summed E-state index contributed by atoms with van der Waals surface area (Å²) in [6.45, 7) is 7.42. The monoisotopic (exact) mass is 312 g/mol. The van der Waals surface area contributed by atoms with Crippen LogP contribution in [0, 0.1) is 5.92 Å². The third-order valence-corrected chi connectivity index (χ3v) is 5.27. The van der Waals surface area contributed by atoms with Gasteiger partial charge in [0.2, 0.25) is 0 Å². The summed E-state index contributed by atoms with van der Waals surface area (Å²) in [7, 11) is 0. The molecule has 2 nitrogen and oxygen atoms in total. The minimum Gasteiger partial charge on any atom is -0.339 e. The number of benzene rings is 2. The molecule has 1 saturated heterocycles. The molecule has 0 saturated carbocycles. The summed E-state index contributed by atoms with van der Waals surface area (Å²) in [6.07, 6.45) is 1.29. The Kier molecular flexibility index (Phi) is 5.06. The maximum Gasteiger partial charge on any atom is 0.0552 e. The lowest BCUT2D eigenvalue weighted by Gasteiger charge is -2.34. The Labute approximate surface area is 137 Å². The van der Waals surface area contributed by atoms with E-state index in [0.717, 1.165) is 25.6 Å². The summed E-state index contributed by atoms with van der Waals surface area (Å²) in [4.78, 5) is 5.26. The average Bonchev–Trinajstić information content (AvgIpc) is 3.10. The van der Waals surface area contributed by atoms with Gasteiger partial charge in [0, 0.05) is 16.3 Å². The van der Waals surface area contributed by atoms with Gasteiger partial charge in [-0.3, -0.25) is 0 Å². The predicted molar refractivity (Wildman–Crippen MR) is 96.3 cm³/mol. The number of rotatable bonds is 2. The molecule has 0 aromatic heterocycles. The maximum atomic E-state index is 3.48. The topological polar surface area (TPSA) is 15.3 Å². The lowest BCUT2D eigenvalue weighted by molar-refractivity contribution is 0.585. The van der Waals surface area contributed by atoms with Gasteiger partial charge < -0.3 is 10.2 Å². The second-order valence-electron chi connectivity index (χ2n) is 5.51. The Hall–Kier alpha value is -1.45. The molecule has 2 aliphatic heterocycles. The molecule has 4 rings (SSSR count). The average molecular weight is 312 g/mol. The summed E-state index contributed by atoms with van der Waals surface area (Å²) in [5, 5.41) is 3.48. The van der Waals surface area contributed by atoms with Crippen LogP contribution < -0.4 is 10.2 Å². The highest BCUT2D eigenvalue weighted by Gasteiger charge is 2.26. The highest BCUT2D eigenvalue weighted by molar-refractivity contribution is 7.99. The van der Waals surface area contributed by atoms with Crippen LogP contribution in [0.15, 0.2) is 58.3 Å². The third kappa shape index (κ3) is 3.01. The molecule has 0 radical (unpaired) electrons. The predicted octanol–water partition coefficient (Wildman–Crippen LogP) is 4.93. The van der Waals surface area contributed by atoms with Crippen molar-refractivity contribution in [2.24, 2.45) is 5.92 Å². The van der Waals surface area contributed by atoms with Gasteiger partial charge in [0.25, 0.3) is 0 Å². The number of para-hydroxylation sites is 2. The zero-order valence-corrected chi connectivity index (χ0v) is 14.2. The molecule has 1 fully saturated rings. The molecule has 2 heterocycles. The number of nitrogens with zero attached hydrogens (tertiary/aromatic N) is 1. The van der Waals surface area contributed by atoms with E-state index in [0.29, 0.717) is 0 Å². The van der Waals surface area contributed by atoms with E-state index < -0.39 is 0 Å². The maximum absolute atomic E-state index is 3.48. The van der Waals surface area contributed by atoms with Crippen LogP contribution >= 0.6 is 11.8 Å². The van der Waals surface area contributed by atoms with Crippen LogP contribution in [0.3, 0.4) is 0 Å². The smallest absolute Gasteiger partial charge is 0.0552 e. The number of nitrogens with one attached hydrogen (secondary N) is 1. The lowest BCUT2D eigenvalue weighted by Crippen LogP contribution is -2.28. The Morgan fingerprint density at radius 2 is 1.59 bits per heavy atom. The Morgan fingerprint density at radius 1 is 1.00 bits per heavy atom. The minimum absolute atomic E-state index is 0.749. The van der Waals surface area contributed by atoms with Gasteiger partial charge in [-0.05, 0) is 49.7 Å². The van der Waals surface area contributed by atoms with E-state index >= 15 is 0 Å². The van der Waals surface area contributed by atoms with E-state index in [4.69, 9.17) is 0 Å². The van der Waals surface area contributed by atoms with Gasteiger partial charge >= 0.3 is 0 Å². The van der Waals surface area contributed by atoms with E-state index in [2.05, 4.69) is 58.7 Å². The molecule has 2 aromatic rings. The SMILES string of the molecule is CC.c1ccc2c(c1)Sc1ccccc1N2CC1CCNC1. The first-order valence-electron chi connectivity index (χ1n) is 8.26. The molecule has 1 N–H and O–H groups in total. The molecule has 22 heavy (non-hydrogen) atoms. The highest BCUT2D eigenvalue weighted by atomic mass is 32.2. The molecule has 1 atom stereocenters. The quantitative estimate of drug-likeness (QED) is 0.847. The van der Waals surface area contributed by atoms with Gasteiger partial charge in [0.05, 0.1) is 11.4 Å². The number of anilines is 2. The van der Waals surface area contributed by atoms with Crippen molar-refractivity contribution in [3.05, 3.63) is 48.5 Å². The molecule has 2 aliphatic rings. The van der Waals surface area contributed by atoms with Crippen LogP contribution in [0.5, 0.6) is 0 Å². The number of fused-ring (bicyclic) bond motifs is 2. The fourth-order valence-electron chi connectivity index (χ4n) is 3.11. The number of hydrogen-bond acceptors (Lipinski definition) is 3. The fourth-order valence-corrected chi connectivity index (χ4v) is 4.20.